The van der Waals surface area contributed by atoms with Crippen molar-refractivity contribution in [2.24, 2.45) is 5.92 Å². The fraction of sp³-hybridized carbons (Fsp3) is 0.609. The highest BCUT2D eigenvalue weighted by Gasteiger charge is 2.29. The van der Waals surface area contributed by atoms with Crippen molar-refractivity contribution in [3.8, 4) is 0 Å². The molecule has 7 heteroatoms. The highest BCUT2D eigenvalue weighted by molar-refractivity contribution is 7.18. The molecule has 2 aliphatic rings. The van der Waals surface area contributed by atoms with Gasteiger partial charge in [-0.25, -0.2) is 4.98 Å². The van der Waals surface area contributed by atoms with Crippen LogP contribution in [0.15, 0.2) is 24.3 Å². The normalized spacial score (nSPS) is 19.0. The quantitative estimate of drug-likeness (QED) is 0.768. The molecule has 2 saturated heterocycles. The molecule has 1 aromatic heterocycles. The van der Waals surface area contributed by atoms with E-state index in [9.17, 15) is 9.59 Å². The van der Waals surface area contributed by atoms with Crippen molar-refractivity contribution in [2.45, 2.75) is 44.9 Å². The Morgan fingerprint density at radius 3 is 2.50 bits per heavy atom. The van der Waals surface area contributed by atoms with Crippen LogP contribution in [-0.2, 0) is 16.0 Å². The Bertz CT molecular complexity index is 819. The number of aromatic nitrogens is 1. The van der Waals surface area contributed by atoms with Gasteiger partial charge in [-0.1, -0.05) is 25.0 Å². The lowest BCUT2D eigenvalue weighted by Gasteiger charge is -2.33. The van der Waals surface area contributed by atoms with Gasteiger partial charge in [0.25, 0.3) is 0 Å². The Labute approximate surface area is 182 Å². The molecule has 3 heterocycles. The van der Waals surface area contributed by atoms with Crippen LogP contribution in [0.5, 0.6) is 0 Å². The first kappa shape index (κ1) is 21.2. The van der Waals surface area contributed by atoms with Crippen LogP contribution in [0.2, 0.25) is 0 Å². The molecule has 30 heavy (non-hydrogen) atoms. The lowest BCUT2D eigenvalue weighted by atomic mass is 9.95. The van der Waals surface area contributed by atoms with Gasteiger partial charge in [0, 0.05) is 32.0 Å². The Hall–Kier alpha value is -1.99. The zero-order chi connectivity index (χ0) is 20.8. The molecule has 0 unspecified atom stereocenters. The van der Waals surface area contributed by atoms with Gasteiger partial charge in [0.05, 0.1) is 21.8 Å². The summed E-state index contributed by atoms with van der Waals surface area (Å²) in [5, 5.41) is 4.09. The first-order valence-electron chi connectivity index (χ1n) is 11.3. The summed E-state index contributed by atoms with van der Waals surface area (Å²) in [4.78, 5) is 34.0. The van der Waals surface area contributed by atoms with Gasteiger partial charge in [0.2, 0.25) is 11.8 Å². The van der Waals surface area contributed by atoms with E-state index in [0.29, 0.717) is 19.0 Å². The summed E-state index contributed by atoms with van der Waals surface area (Å²) in [6, 6.07) is 8.13. The summed E-state index contributed by atoms with van der Waals surface area (Å²) in [7, 11) is 0. The van der Waals surface area contributed by atoms with Crippen LogP contribution >= 0.6 is 11.3 Å². The van der Waals surface area contributed by atoms with E-state index < -0.39 is 0 Å². The van der Waals surface area contributed by atoms with E-state index in [4.69, 9.17) is 0 Å². The van der Waals surface area contributed by atoms with Crippen molar-refractivity contribution >= 4 is 33.4 Å². The summed E-state index contributed by atoms with van der Waals surface area (Å²) in [6.45, 7) is 4.55. The minimum atomic E-state index is 0.0633. The predicted molar refractivity (Wildman–Crippen MR) is 121 cm³/mol. The standard InChI is InChI=1S/C23H32N4O2S/c28-21(24-12-9-22-25-19-7-3-4-8-20(19)30-22)17-26-15-10-18(11-16-26)23(29)27-13-5-1-2-6-14-27/h3-4,7-8,18H,1-2,5-6,9-17H2,(H,24,28). The van der Waals surface area contributed by atoms with Crippen LogP contribution in [0.1, 0.15) is 43.5 Å². The Morgan fingerprint density at radius 1 is 1.03 bits per heavy atom. The summed E-state index contributed by atoms with van der Waals surface area (Å²) >= 11 is 1.69. The van der Waals surface area contributed by atoms with Gasteiger partial charge >= 0.3 is 0 Å². The molecule has 6 nitrogen and oxygen atoms in total. The second kappa shape index (κ2) is 10.4. The molecule has 0 atom stereocenters. The van der Waals surface area contributed by atoms with Gasteiger partial charge in [0.15, 0.2) is 0 Å². The average Bonchev–Trinajstić information content (AvgIpc) is 2.98. The number of nitrogens with one attached hydrogen (secondary N) is 1. The maximum Gasteiger partial charge on any atom is 0.234 e. The van der Waals surface area contributed by atoms with Crippen molar-refractivity contribution in [2.75, 3.05) is 39.3 Å². The van der Waals surface area contributed by atoms with E-state index in [1.165, 1.54) is 17.5 Å². The third-order valence-electron chi connectivity index (χ3n) is 6.22. The van der Waals surface area contributed by atoms with Crippen molar-refractivity contribution in [3.05, 3.63) is 29.3 Å². The number of rotatable bonds is 6. The summed E-state index contributed by atoms with van der Waals surface area (Å²) in [6.07, 6.45) is 7.27. The van der Waals surface area contributed by atoms with Gasteiger partial charge in [-0.2, -0.15) is 0 Å². The molecule has 1 aromatic carbocycles. The van der Waals surface area contributed by atoms with Crippen LogP contribution in [0.3, 0.4) is 0 Å². The topological polar surface area (TPSA) is 65.5 Å². The van der Waals surface area contributed by atoms with Crippen LogP contribution in [0.25, 0.3) is 10.2 Å². The Kier molecular flexibility index (Phi) is 7.33. The number of hydrogen-bond donors (Lipinski definition) is 1. The minimum absolute atomic E-state index is 0.0633. The highest BCUT2D eigenvalue weighted by atomic mass is 32.1. The monoisotopic (exact) mass is 428 g/mol. The number of thiazole rings is 1. The number of amides is 2. The molecule has 162 valence electrons. The Balaban J connectivity index is 1.15. The fourth-order valence-corrected chi connectivity index (χ4v) is 5.45. The second-order valence-electron chi connectivity index (χ2n) is 8.47. The zero-order valence-electron chi connectivity index (χ0n) is 17.6. The maximum absolute atomic E-state index is 12.8. The van der Waals surface area contributed by atoms with Crippen molar-refractivity contribution in [3.63, 3.8) is 0 Å². The summed E-state index contributed by atoms with van der Waals surface area (Å²) in [5.74, 6) is 0.548. The molecule has 2 fully saturated rings. The lowest BCUT2D eigenvalue weighted by molar-refractivity contribution is -0.137. The number of benzene rings is 1. The lowest BCUT2D eigenvalue weighted by Crippen LogP contribution is -2.45. The number of piperidine rings is 1. The number of carbonyl (C=O) groups excluding carboxylic acids is 2. The largest absolute Gasteiger partial charge is 0.355 e. The molecule has 1 N–H and O–H groups in total. The molecular formula is C23H32N4O2S. The van der Waals surface area contributed by atoms with Gasteiger partial charge in [0.1, 0.15) is 0 Å². The first-order valence-corrected chi connectivity index (χ1v) is 12.1. The van der Waals surface area contributed by atoms with E-state index >= 15 is 0 Å². The molecule has 0 radical (unpaired) electrons. The van der Waals surface area contributed by atoms with Crippen LogP contribution < -0.4 is 5.32 Å². The number of carbonyl (C=O) groups is 2. The van der Waals surface area contributed by atoms with E-state index in [-0.39, 0.29) is 11.8 Å². The molecule has 2 amide bonds. The third kappa shape index (κ3) is 5.58. The smallest absolute Gasteiger partial charge is 0.234 e. The summed E-state index contributed by atoms with van der Waals surface area (Å²) in [5.41, 5.74) is 1.03. The number of hydrogen-bond acceptors (Lipinski definition) is 5. The molecule has 0 spiro atoms. The molecule has 2 aromatic rings. The fourth-order valence-electron chi connectivity index (χ4n) is 4.48. The first-order chi connectivity index (χ1) is 14.7. The Morgan fingerprint density at radius 2 is 1.77 bits per heavy atom. The molecule has 4 rings (SSSR count). The number of nitrogens with zero attached hydrogens (tertiary/aromatic N) is 3. The van der Waals surface area contributed by atoms with Gasteiger partial charge in [-0.3, -0.25) is 14.5 Å². The molecule has 0 aliphatic carbocycles. The van der Waals surface area contributed by atoms with E-state index in [0.717, 1.165) is 68.8 Å². The number of fused-ring (bicyclic) bond motifs is 1. The second-order valence-corrected chi connectivity index (χ2v) is 9.58. The van der Waals surface area contributed by atoms with E-state index in [2.05, 4.69) is 26.2 Å². The maximum atomic E-state index is 12.8. The predicted octanol–water partition coefficient (Wildman–Crippen LogP) is 3.07. The average molecular weight is 429 g/mol. The van der Waals surface area contributed by atoms with Crippen molar-refractivity contribution in [1.82, 2.24) is 20.1 Å². The molecule has 0 saturated carbocycles. The molecule has 0 bridgehead atoms. The van der Waals surface area contributed by atoms with Crippen LogP contribution in [-0.4, -0.2) is 65.9 Å². The van der Waals surface area contributed by atoms with Crippen LogP contribution in [0.4, 0.5) is 0 Å². The van der Waals surface area contributed by atoms with E-state index in [1.54, 1.807) is 11.3 Å². The van der Waals surface area contributed by atoms with Gasteiger partial charge < -0.3 is 10.2 Å². The number of likely N-dealkylation sites (tertiary alicyclic amines) is 2. The molecular weight excluding hydrogens is 396 g/mol. The van der Waals surface area contributed by atoms with E-state index in [1.807, 2.05) is 18.2 Å². The van der Waals surface area contributed by atoms with Gasteiger partial charge in [-0.05, 0) is 50.9 Å². The molecule has 2 aliphatic heterocycles. The minimum Gasteiger partial charge on any atom is -0.355 e. The van der Waals surface area contributed by atoms with Crippen molar-refractivity contribution < 1.29 is 9.59 Å². The third-order valence-corrected chi connectivity index (χ3v) is 7.32. The van der Waals surface area contributed by atoms with Crippen molar-refractivity contribution in [1.29, 1.82) is 0 Å². The zero-order valence-corrected chi connectivity index (χ0v) is 18.5. The highest BCUT2D eigenvalue weighted by Crippen LogP contribution is 2.22. The number of para-hydroxylation sites is 1. The SMILES string of the molecule is O=C(CN1CCC(C(=O)N2CCCCCC2)CC1)NCCc1nc2ccccc2s1. The van der Waals surface area contributed by atoms with Crippen LogP contribution in [0, 0.1) is 5.92 Å². The summed E-state index contributed by atoms with van der Waals surface area (Å²) < 4.78 is 1.19. The van der Waals surface area contributed by atoms with Gasteiger partial charge in [-0.15, -0.1) is 11.3 Å².